The van der Waals surface area contributed by atoms with E-state index in [2.05, 4.69) is 28.9 Å². The van der Waals surface area contributed by atoms with Crippen molar-refractivity contribution in [2.45, 2.75) is 19.9 Å². The first-order chi connectivity index (χ1) is 10.0. The van der Waals surface area contributed by atoms with E-state index in [1.807, 2.05) is 0 Å². The van der Waals surface area contributed by atoms with Crippen molar-refractivity contribution >= 4 is 11.6 Å². The molecule has 0 bridgehead atoms. The molecule has 0 saturated carbocycles. The Morgan fingerprint density at radius 2 is 2.10 bits per heavy atom. The number of hydrogen-bond acceptors (Lipinski definition) is 5. The molecule has 1 aromatic heterocycles. The predicted molar refractivity (Wildman–Crippen MR) is 79.4 cm³/mol. The molecule has 0 saturated heterocycles. The van der Waals surface area contributed by atoms with E-state index >= 15 is 0 Å². The summed E-state index contributed by atoms with van der Waals surface area (Å²) in [5.74, 6) is 0.115. The third-order valence-corrected chi connectivity index (χ3v) is 3.60. The van der Waals surface area contributed by atoms with Crippen molar-refractivity contribution in [3.05, 3.63) is 34.9 Å². The van der Waals surface area contributed by atoms with Gasteiger partial charge in [-0.15, -0.1) is 0 Å². The van der Waals surface area contributed by atoms with Crippen LogP contribution in [0, 0.1) is 5.82 Å². The zero-order valence-electron chi connectivity index (χ0n) is 12.0. The van der Waals surface area contributed by atoms with E-state index < -0.39 is 5.82 Å². The van der Waals surface area contributed by atoms with Gasteiger partial charge in [-0.1, -0.05) is 30.6 Å². The maximum Gasteiger partial charge on any atom is 0.258 e. The van der Waals surface area contributed by atoms with Crippen molar-refractivity contribution in [1.29, 1.82) is 0 Å². The minimum absolute atomic E-state index is 0.0525. The Morgan fingerprint density at radius 1 is 1.38 bits per heavy atom. The molecule has 2 aromatic rings. The lowest BCUT2D eigenvalue weighted by Gasteiger charge is -2.20. The van der Waals surface area contributed by atoms with Crippen LogP contribution in [0.3, 0.4) is 0 Å². The van der Waals surface area contributed by atoms with Crippen molar-refractivity contribution in [3.8, 4) is 11.5 Å². The molecule has 0 spiro atoms. The number of benzene rings is 1. The molecule has 0 amide bonds. The van der Waals surface area contributed by atoms with Gasteiger partial charge in [0, 0.05) is 12.1 Å². The van der Waals surface area contributed by atoms with Gasteiger partial charge in [0.1, 0.15) is 5.82 Å². The first-order valence-corrected chi connectivity index (χ1v) is 7.19. The van der Waals surface area contributed by atoms with Gasteiger partial charge in [0.05, 0.1) is 11.1 Å². The maximum atomic E-state index is 13.4. The van der Waals surface area contributed by atoms with Crippen LogP contribution in [0.2, 0.25) is 5.02 Å². The van der Waals surface area contributed by atoms with Crippen molar-refractivity contribution in [2.24, 2.45) is 5.73 Å². The third-order valence-electron chi connectivity index (χ3n) is 3.29. The fourth-order valence-corrected chi connectivity index (χ4v) is 2.09. The Balaban J connectivity index is 2.15. The molecule has 0 aliphatic rings. The summed E-state index contributed by atoms with van der Waals surface area (Å²) in [5, 5.41) is 3.93. The van der Waals surface area contributed by atoms with Crippen LogP contribution in [0.4, 0.5) is 4.39 Å². The number of halogens is 2. The highest BCUT2D eigenvalue weighted by molar-refractivity contribution is 6.30. The molecule has 0 fully saturated rings. The van der Waals surface area contributed by atoms with Gasteiger partial charge < -0.3 is 15.2 Å². The summed E-state index contributed by atoms with van der Waals surface area (Å²) in [4.78, 5) is 6.40. The first kappa shape index (κ1) is 15.9. The Hall–Kier alpha value is -1.50. The monoisotopic (exact) mass is 312 g/mol. The minimum atomic E-state index is -0.527. The fourth-order valence-electron chi connectivity index (χ4n) is 1.97. The molecule has 0 radical (unpaired) electrons. The molecule has 1 atom stereocenters. The third kappa shape index (κ3) is 3.78. The molecule has 7 heteroatoms. The summed E-state index contributed by atoms with van der Waals surface area (Å²) in [5.41, 5.74) is 6.55. The summed E-state index contributed by atoms with van der Waals surface area (Å²) in [6.45, 7) is 6.57. The van der Waals surface area contributed by atoms with Gasteiger partial charge in [-0.3, -0.25) is 0 Å². The van der Waals surface area contributed by atoms with Crippen LogP contribution in [-0.2, 0) is 0 Å². The molecular formula is C14H18ClFN4O. The molecule has 5 nitrogen and oxygen atoms in total. The second-order valence-corrected chi connectivity index (χ2v) is 5.09. The largest absolute Gasteiger partial charge is 0.334 e. The molecule has 114 valence electrons. The Morgan fingerprint density at radius 3 is 2.71 bits per heavy atom. The lowest BCUT2D eigenvalue weighted by atomic mass is 10.2. The van der Waals surface area contributed by atoms with Crippen LogP contribution < -0.4 is 5.73 Å². The number of likely N-dealkylation sites (N-methyl/N-ethyl adjacent to an activating group) is 1. The van der Waals surface area contributed by atoms with Crippen molar-refractivity contribution < 1.29 is 8.91 Å². The highest BCUT2D eigenvalue weighted by Crippen LogP contribution is 2.23. The summed E-state index contributed by atoms with van der Waals surface area (Å²) in [6.07, 6.45) is 0. The van der Waals surface area contributed by atoms with Gasteiger partial charge in [0.2, 0.25) is 0 Å². The maximum absolute atomic E-state index is 13.4. The number of rotatable bonds is 6. The van der Waals surface area contributed by atoms with Gasteiger partial charge in [-0.25, -0.2) is 4.39 Å². The van der Waals surface area contributed by atoms with Gasteiger partial charge >= 0.3 is 0 Å². The van der Waals surface area contributed by atoms with Crippen LogP contribution in [-0.4, -0.2) is 34.7 Å². The topological polar surface area (TPSA) is 68.2 Å². The molecule has 1 heterocycles. The van der Waals surface area contributed by atoms with Crippen molar-refractivity contribution in [2.75, 3.05) is 19.6 Å². The van der Waals surface area contributed by atoms with Gasteiger partial charge in [0.25, 0.3) is 5.89 Å². The van der Waals surface area contributed by atoms with Gasteiger partial charge in [-0.05, 0) is 31.3 Å². The van der Waals surface area contributed by atoms with Gasteiger partial charge in [0.15, 0.2) is 5.82 Å². The SMILES string of the molecule is CCN(CC)CC(N)c1noc(-c2ccc(Cl)c(F)c2)n1. The van der Waals surface area contributed by atoms with Crippen LogP contribution in [0.5, 0.6) is 0 Å². The van der Waals surface area contributed by atoms with Crippen molar-refractivity contribution in [1.82, 2.24) is 15.0 Å². The average molecular weight is 313 g/mol. The molecule has 21 heavy (non-hydrogen) atoms. The second-order valence-electron chi connectivity index (χ2n) is 4.68. The standard InChI is InChI=1S/C14H18ClFN4O/c1-3-20(4-2)8-12(17)13-18-14(21-19-13)9-5-6-10(15)11(16)7-9/h5-7,12H,3-4,8,17H2,1-2H3. The van der Waals surface area contributed by atoms with E-state index in [0.717, 1.165) is 13.1 Å². The van der Waals surface area contributed by atoms with E-state index in [9.17, 15) is 4.39 Å². The second kappa shape index (κ2) is 6.98. The fraction of sp³-hybridized carbons (Fsp3) is 0.429. The molecule has 1 unspecified atom stereocenters. The Kier molecular flexibility index (Phi) is 5.27. The lowest BCUT2D eigenvalue weighted by molar-refractivity contribution is 0.278. The number of nitrogens with zero attached hydrogens (tertiary/aromatic N) is 3. The van der Waals surface area contributed by atoms with E-state index in [1.54, 1.807) is 6.07 Å². The van der Waals surface area contributed by atoms with E-state index in [0.29, 0.717) is 17.9 Å². The summed E-state index contributed by atoms with van der Waals surface area (Å²) in [7, 11) is 0. The highest BCUT2D eigenvalue weighted by atomic mass is 35.5. The zero-order valence-corrected chi connectivity index (χ0v) is 12.8. The Labute approximate surface area is 127 Å². The molecule has 0 aliphatic heterocycles. The lowest BCUT2D eigenvalue weighted by Crippen LogP contribution is -2.32. The predicted octanol–water partition coefficient (Wildman–Crippen LogP) is 2.87. The normalized spacial score (nSPS) is 12.9. The van der Waals surface area contributed by atoms with Crippen molar-refractivity contribution in [3.63, 3.8) is 0 Å². The smallest absolute Gasteiger partial charge is 0.258 e. The first-order valence-electron chi connectivity index (χ1n) is 6.82. The minimum Gasteiger partial charge on any atom is -0.334 e. The molecule has 1 aromatic carbocycles. The van der Waals surface area contributed by atoms with Crippen LogP contribution in [0.25, 0.3) is 11.5 Å². The summed E-state index contributed by atoms with van der Waals surface area (Å²) < 4.78 is 18.6. The van der Waals surface area contributed by atoms with E-state index in [1.165, 1.54) is 12.1 Å². The zero-order chi connectivity index (χ0) is 15.4. The van der Waals surface area contributed by atoms with E-state index in [-0.39, 0.29) is 17.0 Å². The number of hydrogen-bond donors (Lipinski definition) is 1. The highest BCUT2D eigenvalue weighted by Gasteiger charge is 2.18. The Bertz CT molecular complexity index is 600. The van der Waals surface area contributed by atoms with E-state index in [4.69, 9.17) is 21.9 Å². The van der Waals surface area contributed by atoms with Crippen LogP contribution in [0.15, 0.2) is 22.7 Å². The number of aromatic nitrogens is 2. The van der Waals surface area contributed by atoms with Crippen LogP contribution >= 0.6 is 11.6 Å². The molecule has 0 aliphatic carbocycles. The molecule has 2 N–H and O–H groups in total. The average Bonchev–Trinajstić information content (AvgIpc) is 2.97. The summed E-state index contributed by atoms with van der Waals surface area (Å²) in [6, 6.07) is 3.99. The quantitative estimate of drug-likeness (QED) is 0.888. The van der Waals surface area contributed by atoms with Gasteiger partial charge in [-0.2, -0.15) is 4.98 Å². The molecular weight excluding hydrogens is 295 g/mol. The van der Waals surface area contributed by atoms with Crippen LogP contribution in [0.1, 0.15) is 25.7 Å². The number of nitrogens with two attached hydrogens (primary N) is 1. The molecule has 2 rings (SSSR count). The summed E-state index contributed by atoms with van der Waals surface area (Å²) >= 11 is 5.65.